The number of aromatic nitrogens is 1. The zero-order valence-electron chi connectivity index (χ0n) is 18.3. The number of carbonyl (C=O) groups is 1. The number of methoxy groups -OCH3 is 2. The van der Waals surface area contributed by atoms with E-state index in [-0.39, 0.29) is 5.91 Å². The molecule has 0 saturated heterocycles. The number of amides is 1. The maximum Gasteiger partial charge on any atom is 0.270 e. The summed E-state index contributed by atoms with van der Waals surface area (Å²) in [6.45, 7) is 5.31. The highest BCUT2D eigenvalue weighted by Gasteiger charge is 2.14. The smallest absolute Gasteiger partial charge is 0.270 e. The fraction of sp³-hybridized carbons (Fsp3) is 0.333. The Morgan fingerprint density at radius 3 is 2.58 bits per heavy atom. The van der Waals surface area contributed by atoms with Gasteiger partial charge >= 0.3 is 0 Å². The van der Waals surface area contributed by atoms with E-state index in [9.17, 15) is 4.79 Å². The third-order valence-corrected chi connectivity index (χ3v) is 5.48. The first kappa shape index (κ1) is 22.6. The summed E-state index contributed by atoms with van der Waals surface area (Å²) >= 11 is 1.42. The van der Waals surface area contributed by atoms with Gasteiger partial charge in [0.1, 0.15) is 16.5 Å². The van der Waals surface area contributed by atoms with Crippen LogP contribution < -0.4 is 19.5 Å². The molecular formula is C24H28N2O4S. The van der Waals surface area contributed by atoms with Crippen molar-refractivity contribution in [3.05, 3.63) is 59.1 Å². The summed E-state index contributed by atoms with van der Waals surface area (Å²) in [6, 6.07) is 13.5. The van der Waals surface area contributed by atoms with Crippen LogP contribution in [0.5, 0.6) is 17.2 Å². The third-order valence-electron chi connectivity index (χ3n) is 4.59. The lowest BCUT2D eigenvalue weighted by Gasteiger charge is -2.13. The molecule has 1 aromatic heterocycles. The normalized spacial score (nSPS) is 10.7. The molecule has 0 spiro atoms. The molecule has 0 aliphatic rings. The molecule has 164 valence electrons. The number of rotatable bonds is 10. The molecule has 1 amide bonds. The predicted molar refractivity (Wildman–Crippen MR) is 123 cm³/mol. The quantitative estimate of drug-likeness (QED) is 0.489. The Morgan fingerprint density at radius 1 is 1.06 bits per heavy atom. The molecule has 0 atom stereocenters. The van der Waals surface area contributed by atoms with Crippen molar-refractivity contribution in [3.63, 3.8) is 0 Å². The molecular weight excluding hydrogens is 412 g/mol. The molecule has 0 bridgehead atoms. The van der Waals surface area contributed by atoms with E-state index in [0.717, 1.165) is 21.9 Å². The molecule has 3 aromatic rings. The average molecular weight is 441 g/mol. The standard InChI is InChI=1S/C24H28N2O4S/c1-16(2)14-30-21-10-9-18(13-22(21)29-4)24-26-19(15-31-24)23(27)25-12-11-17-7-5-6-8-20(17)28-3/h5-10,13,15-16H,11-12,14H2,1-4H3,(H,25,27). The third kappa shape index (κ3) is 5.98. The van der Waals surface area contributed by atoms with Crippen molar-refractivity contribution < 1.29 is 19.0 Å². The van der Waals surface area contributed by atoms with Crippen LogP contribution in [0.25, 0.3) is 10.6 Å². The molecule has 0 saturated carbocycles. The zero-order valence-corrected chi connectivity index (χ0v) is 19.1. The molecule has 1 heterocycles. The van der Waals surface area contributed by atoms with Gasteiger partial charge in [-0.25, -0.2) is 4.98 Å². The highest BCUT2D eigenvalue weighted by Crippen LogP contribution is 2.34. The summed E-state index contributed by atoms with van der Waals surface area (Å²) in [7, 11) is 3.26. The van der Waals surface area contributed by atoms with Crippen LogP contribution >= 0.6 is 11.3 Å². The Bertz CT molecular complexity index is 1020. The second kappa shape index (κ2) is 10.8. The molecule has 3 rings (SSSR count). The van der Waals surface area contributed by atoms with E-state index in [4.69, 9.17) is 14.2 Å². The topological polar surface area (TPSA) is 69.7 Å². The number of hydrogen-bond acceptors (Lipinski definition) is 6. The van der Waals surface area contributed by atoms with Crippen LogP contribution in [0.2, 0.25) is 0 Å². The van der Waals surface area contributed by atoms with E-state index in [1.54, 1.807) is 19.6 Å². The van der Waals surface area contributed by atoms with E-state index in [2.05, 4.69) is 24.1 Å². The fourth-order valence-electron chi connectivity index (χ4n) is 3.00. The van der Waals surface area contributed by atoms with Crippen LogP contribution in [-0.2, 0) is 6.42 Å². The Labute approximate surface area is 187 Å². The van der Waals surface area contributed by atoms with Gasteiger partial charge in [0.05, 0.1) is 20.8 Å². The molecule has 0 fully saturated rings. The van der Waals surface area contributed by atoms with Crippen molar-refractivity contribution in [1.82, 2.24) is 10.3 Å². The second-order valence-electron chi connectivity index (χ2n) is 7.43. The first-order chi connectivity index (χ1) is 15.0. The van der Waals surface area contributed by atoms with Crippen LogP contribution in [0.3, 0.4) is 0 Å². The number of nitrogens with zero attached hydrogens (tertiary/aromatic N) is 1. The fourth-order valence-corrected chi connectivity index (χ4v) is 3.79. The number of carbonyl (C=O) groups excluding carboxylic acids is 1. The minimum Gasteiger partial charge on any atom is -0.496 e. The SMILES string of the molecule is COc1ccccc1CCNC(=O)c1csc(-c2ccc(OCC(C)C)c(OC)c2)n1. The molecule has 0 aliphatic heterocycles. The van der Waals surface area contributed by atoms with Gasteiger partial charge in [-0.05, 0) is 42.2 Å². The van der Waals surface area contributed by atoms with Gasteiger partial charge in [0.25, 0.3) is 5.91 Å². The van der Waals surface area contributed by atoms with Gasteiger partial charge in [0.15, 0.2) is 11.5 Å². The summed E-state index contributed by atoms with van der Waals surface area (Å²) in [5, 5.41) is 5.45. The monoisotopic (exact) mass is 440 g/mol. The van der Waals surface area contributed by atoms with Crippen LogP contribution in [0.4, 0.5) is 0 Å². The number of benzene rings is 2. The number of ether oxygens (including phenoxy) is 3. The molecule has 7 heteroatoms. The van der Waals surface area contributed by atoms with Crippen molar-refractivity contribution in [1.29, 1.82) is 0 Å². The van der Waals surface area contributed by atoms with Gasteiger partial charge < -0.3 is 19.5 Å². The van der Waals surface area contributed by atoms with Crippen LogP contribution in [-0.4, -0.2) is 38.3 Å². The molecule has 31 heavy (non-hydrogen) atoms. The largest absolute Gasteiger partial charge is 0.496 e. The Kier molecular flexibility index (Phi) is 7.89. The van der Waals surface area contributed by atoms with Crippen molar-refractivity contribution in [3.8, 4) is 27.8 Å². The van der Waals surface area contributed by atoms with Crippen LogP contribution in [0, 0.1) is 5.92 Å². The molecule has 0 unspecified atom stereocenters. The average Bonchev–Trinajstić information content (AvgIpc) is 3.28. The van der Waals surface area contributed by atoms with Gasteiger partial charge in [0.2, 0.25) is 0 Å². The highest BCUT2D eigenvalue weighted by atomic mass is 32.1. The van der Waals surface area contributed by atoms with Gasteiger partial charge in [-0.3, -0.25) is 4.79 Å². The minimum absolute atomic E-state index is 0.193. The molecule has 0 radical (unpaired) electrons. The maximum atomic E-state index is 12.5. The predicted octanol–water partition coefficient (Wildman–Crippen LogP) is 4.83. The van der Waals surface area contributed by atoms with Crippen LogP contribution in [0.15, 0.2) is 47.8 Å². The van der Waals surface area contributed by atoms with Gasteiger partial charge in [-0.15, -0.1) is 11.3 Å². The first-order valence-corrected chi connectivity index (χ1v) is 11.1. The lowest BCUT2D eigenvalue weighted by molar-refractivity contribution is 0.0950. The van der Waals surface area contributed by atoms with Crippen molar-refractivity contribution in [2.75, 3.05) is 27.4 Å². The Balaban J connectivity index is 1.63. The summed E-state index contributed by atoms with van der Waals surface area (Å²) in [4.78, 5) is 17.0. The molecule has 1 N–H and O–H groups in total. The first-order valence-electron chi connectivity index (χ1n) is 10.2. The maximum absolute atomic E-state index is 12.5. The van der Waals surface area contributed by atoms with E-state index in [1.807, 2.05) is 42.5 Å². The lowest BCUT2D eigenvalue weighted by atomic mass is 10.1. The highest BCUT2D eigenvalue weighted by molar-refractivity contribution is 7.13. The molecule has 6 nitrogen and oxygen atoms in total. The van der Waals surface area contributed by atoms with Gasteiger partial charge in [-0.2, -0.15) is 0 Å². The van der Waals surface area contributed by atoms with Crippen molar-refractivity contribution in [2.24, 2.45) is 5.92 Å². The lowest BCUT2D eigenvalue weighted by Crippen LogP contribution is -2.26. The summed E-state index contributed by atoms with van der Waals surface area (Å²) < 4.78 is 16.6. The summed E-state index contributed by atoms with van der Waals surface area (Å²) in [6.07, 6.45) is 0.682. The Hall–Kier alpha value is -3.06. The van der Waals surface area contributed by atoms with E-state index < -0.39 is 0 Å². The summed E-state index contributed by atoms with van der Waals surface area (Å²) in [5.74, 6) is 2.40. The number of para-hydroxylation sites is 1. The zero-order chi connectivity index (χ0) is 22.2. The van der Waals surface area contributed by atoms with Crippen LogP contribution in [0.1, 0.15) is 29.9 Å². The van der Waals surface area contributed by atoms with Gasteiger partial charge in [0, 0.05) is 17.5 Å². The second-order valence-corrected chi connectivity index (χ2v) is 8.28. The van der Waals surface area contributed by atoms with E-state index >= 15 is 0 Å². The summed E-state index contributed by atoms with van der Waals surface area (Å²) in [5.41, 5.74) is 2.34. The minimum atomic E-state index is -0.193. The van der Waals surface area contributed by atoms with Crippen molar-refractivity contribution in [2.45, 2.75) is 20.3 Å². The Morgan fingerprint density at radius 2 is 1.84 bits per heavy atom. The van der Waals surface area contributed by atoms with Gasteiger partial charge in [-0.1, -0.05) is 32.0 Å². The number of nitrogens with one attached hydrogen (secondary N) is 1. The number of thiazole rings is 1. The molecule has 2 aromatic carbocycles. The molecule has 0 aliphatic carbocycles. The van der Waals surface area contributed by atoms with Crippen molar-refractivity contribution >= 4 is 17.2 Å². The van der Waals surface area contributed by atoms with E-state index in [0.29, 0.717) is 42.7 Å². The van der Waals surface area contributed by atoms with E-state index in [1.165, 1.54) is 11.3 Å². The number of hydrogen-bond donors (Lipinski definition) is 1.